The fraction of sp³-hybridized carbons (Fsp3) is 0.167. The van der Waals surface area contributed by atoms with Crippen LogP contribution in [0.15, 0.2) is 23.1 Å². The van der Waals surface area contributed by atoms with Crippen LogP contribution in [0.3, 0.4) is 0 Å². The minimum absolute atomic E-state index is 0.181. The predicted octanol–water partition coefficient (Wildman–Crippen LogP) is 2.85. The van der Waals surface area contributed by atoms with Crippen LogP contribution in [-0.4, -0.2) is 27.8 Å². The maximum atomic E-state index is 12.4. The molecule has 0 atom stereocenters. The molecule has 6 nitrogen and oxygen atoms in total. The molecule has 1 aliphatic heterocycles. The number of carbonyl (C=O) groups excluding carboxylic acids is 2. The first-order valence-electron chi connectivity index (χ1n) is 6.12. The number of alkyl halides is 3. The minimum Gasteiger partial charge on any atom is -0.324 e. The number of anilines is 2. The third kappa shape index (κ3) is 3.45. The van der Waals surface area contributed by atoms with Crippen molar-refractivity contribution in [2.24, 2.45) is 0 Å². The third-order valence-electron chi connectivity index (χ3n) is 2.76. The number of halogens is 3. The van der Waals surface area contributed by atoms with Crippen molar-refractivity contribution in [3.63, 3.8) is 0 Å². The van der Waals surface area contributed by atoms with Crippen molar-refractivity contribution in [2.75, 3.05) is 16.4 Å². The summed E-state index contributed by atoms with van der Waals surface area (Å²) in [5.41, 5.74) is 0.683. The van der Waals surface area contributed by atoms with Gasteiger partial charge < -0.3 is 5.32 Å². The molecule has 1 aromatic heterocycles. The molecule has 2 heterocycles. The molecule has 1 aromatic carbocycles. The van der Waals surface area contributed by atoms with Gasteiger partial charge in [-0.05, 0) is 18.2 Å². The van der Waals surface area contributed by atoms with Crippen LogP contribution in [0.2, 0.25) is 0 Å². The Morgan fingerprint density at radius 3 is 2.78 bits per heavy atom. The fourth-order valence-electron chi connectivity index (χ4n) is 1.78. The number of aromatic nitrogens is 2. The van der Waals surface area contributed by atoms with E-state index in [4.69, 9.17) is 0 Å². The number of rotatable bonds is 2. The van der Waals surface area contributed by atoms with Crippen LogP contribution in [0.1, 0.15) is 15.4 Å². The van der Waals surface area contributed by atoms with Gasteiger partial charge in [-0.25, -0.2) is 0 Å². The molecular weight excluding hydrogens is 353 g/mol. The largest absolute Gasteiger partial charge is 0.445 e. The van der Waals surface area contributed by atoms with Crippen molar-refractivity contribution < 1.29 is 22.8 Å². The van der Waals surface area contributed by atoms with Gasteiger partial charge in [0, 0.05) is 10.5 Å². The molecule has 120 valence electrons. The maximum absolute atomic E-state index is 12.4. The lowest BCUT2D eigenvalue weighted by Gasteiger charge is -2.16. The van der Waals surface area contributed by atoms with Crippen LogP contribution in [0.5, 0.6) is 0 Å². The van der Waals surface area contributed by atoms with Gasteiger partial charge in [0.15, 0.2) is 0 Å². The summed E-state index contributed by atoms with van der Waals surface area (Å²) in [5, 5.41) is 9.77. The highest BCUT2D eigenvalue weighted by atomic mass is 32.2. The van der Waals surface area contributed by atoms with Gasteiger partial charge in [0.05, 0.1) is 11.4 Å². The summed E-state index contributed by atoms with van der Waals surface area (Å²) in [6.45, 7) is 0. The standard InChI is InChI=1S/C12H7F3N4O2S2/c13-12(14,15)10-18-19-11(23-10)17-9(21)5-1-2-7-6(3-5)16-8(20)4-22-7/h1-3H,4H2,(H,16,20)(H,17,19,21). The lowest BCUT2D eigenvalue weighted by atomic mass is 10.2. The average Bonchev–Trinajstić information content (AvgIpc) is 2.95. The summed E-state index contributed by atoms with van der Waals surface area (Å²) in [6.07, 6.45) is -4.60. The molecular formula is C12H7F3N4O2S2. The second-order valence-electron chi connectivity index (χ2n) is 4.41. The summed E-state index contributed by atoms with van der Waals surface area (Å²) in [6, 6.07) is 4.64. The van der Waals surface area contributed by atoms with E-state index in [1.54, 1.807) is 6.07 Å². The van der Waals surface area contributed by atoms with Gasteiger partial charge in [-0.15, -0.1) is 22.0 Å². The Bertz CT molecular complexity index is 791. The molecule has 0 saturated carbocycles. The van der Waals surface area contributed by atoms with E-state index >= 15 is 0 Å². The Balaban J connectivity index is 1.77. The molecule has 0 unspecified atom stereocenters. The maximum Gasteiger partial charge on any atom is 0.445 e. The first-order chi connectivity index (χ1) is 10.8. The molecule has 11 heteroatoms. The molecule has 2 amide bonds. The predicted molar refractivity (Wildman–Crippen MR) is 78.7 cm³/mol. The van der Waals surface area contributed by atoms with Crippen molar-refractivity contribution in [3.8, 4) is 0 Å². The first kappa shape index (κ1) is 15.7. The second kappa shape index (κ2) is 5.81. The fourth-order valence-corrected chi connectivity index (χ4v) is 3.18. The topological polar surface area (TPSA) is 84.0 Å². The van der Waals surface area contributed by atoms with Crippen molar-refractivity contribution >= 4 is 45.7 Å². The monoisotopic (exact) mass is 360 g/mol. The first-order valence-corrected chi connectivity index (χ1v) is 7.92. The van der Waals surface area contributed by atoms with Gasteiger partial charge in [-0.3, -0.25) is 14.9 Å². The Kier molecular flexibility index (Phi) is 3.98. The molecule has 0 radical (unpaired) electrons. The Morgan fingerprint density at radius 1 is 1.30 bits per heavy atom. The van der Waals surface area contributed by atoms with Gasteiger partial charge in [-0.1, -0.05) is 11.3 Å². The van der Waals surface area contributed by atoms with Gasteiger partial charge in [0.25, 0.3) is 5.91 Å². The van der Waals surface area contributed by atoms with Crippen LogP contribution in [-0.2, 0) is 11.0 Å². The zero-order valence-corrected chi connectivity index (χ0v) is 12.7. The van der Waals surface area contributed by atoms with Crippen molar-refractivity contribution in [1.29, 1.82) is 0 Å². The third-order valence-corrected chi connectivity index (χ3v) is 4.72. The van der Waals surface area contributed by atoms with Gasteiger partial charge >= 0.3 is 6.18 Å². The molecule has 0 aliphatic carbocycles. The number of amides is 2. The molecule has 0 bridgehead atoms. The number of carbonyl (C=O) groups is 2. The van der Waals surface area contributed by atoms with Crippen LogP contribution in [0, 0.1) is 0 Å². The van der Waals surface area contributed by atoms with Crippen LogP contribution < -0.4 is 10.6 Å². The highest BCUT2D eigenvalue weighted by Gasteiger charge is 2.35. The van der Waals surface area contributed by atoms with E-state index in [1.165, 1.54) is 23.9 Å². The Morgan fingerprint density at radius 2 is 2.09 bits per heavy atom. The molecule has 0 saturated heterocycles. The number of thioether (sulfide) groups is 1. The summed E-state index contributed by atoms with van der Waals surface area (Å²) >= 11 is 1.58. The number of benzene rings is 1. The second-order valence-corrected chi connectivity index (χ2v) is 6.41. The Hall–Kier alpha value is -2.14. The highest BCUT2D eigenvalue weighted by Crippen LogP contribution is 2.34. The van der Waals surface area contributed by atoms with Crippen molar-refractivity contribution in [2.45, 2.75) is 11.1 Å². The Labute approximate surface area is 135 Å². The van der Waals surface area contributed by atoms with E-state index in [2.05, 4.69) is 20.8 Å². The number of hydrogen-bond acceptors (Lipinski definition) is 6. The zero-order valence-electron chi connectivity index (χ0n) is 11.1. The highest BCUT2D eigenvalue weighted by molar-refractivity contribution is 8.00. The summed E-state index contributed by atoms with van der Waals surface area (Å²) in [5.74, 6) is -0.523. The SMILES string of the molecule is O=C1CSc2ccc(C(=O)Nc3nnc(C(F)(F)F)s3)cc2N1. The molecule has 2 N–H and O–H groups in total. The van der Waals surface area contributed by atoms with Gasteiger partial charge in [0.2, 0.25) is 16.0 Å². The van der Waals surface area contributed by atoms with E-state index in [9.17, 15) is 22.8 Å². The van der Waals surface area contributed by atoms with Crippen LogP contribution in [0.4, 0.5) is 24.0 Å². The van der Waals surface area contributed by atoms with Crippen LogP contribution in [0.25, 0.3) is 0 Å². The zero-order chi connectivity index (χ0) is 16.6. The lowest BCUT2D eigenvalue weighted by molar-refractivity contribution is -0.138. The van der Waals surface area contributed by atoms with Crippen molar-refractivity contribution in [1.82, 2.24) is 10.2 Å². The van der Waals surface area contributed by atoms with E-state index in [-0.39, 0.29) is 27.9 Å². The molecule has 3 rings (SSSR count). The molecule has 2 aromatic rings. The number of fused-ring (bicyclic) bond motifs is 1. The number of nitrogens with zero attached hydrogens (tertiary/aromatic N) is 2. The van der Waals surface area contributed by atoms with E-state index in [0.29, 0.717) is 11.4 Å². The smallest absolute Gasteiger partial charge is 0.324 e. The van der Waals surface area contributed by atoms with E-state index in [0.717, 1.165) is 4.90 Å². The van der Waals surface area contributed by atoms with Gasteiger partial charge in [0.1, 0.15) is 0 Å². The number of nitrogens with one attached hydrogen (secondary N) is 2. The van der Waals surface area contributed by atoms with E-state index < -0.39 is 17.1 Å². The molecule has 1 aliphatic rings. The summed E-state index contributed by atoms with van der Waals surface area (Å²) in [4.78, 5) is 24.2. The number of hydrogen-bond donors (Lipinski definition) is 2. The quantitative estimate of drug-likeness (QED) is 0.860. The minimum atomic E-state index is -4.60. The van der Waals surface area contributed by atoms with Gasteiger partial charge in [-0.2, -0.15) is 13.2 Å². The lowest BCUT2D eigenvalue weighted by Crippen LogP contribution is -2.19. The summed E-state index contributed by atoms with van der Waals surface area (Å²) < 4.78 is 37.3. The van der Waals surface area contributed by atoms with E-state index in [1.807, 2.05) is 0 Å². The molecule has 0 spiro atoms. The average molecular weight is 360 g/mol. The van der Waals surface area contributed by atoms with Crippen LogP contribution >= 0.6 is 23.1 Å². The summed E-state index contributed by atoms with van der Waals surface area (Å²) in [7, 11) is 0. The normalized spacial score (nSPS) is 14.1. The molecule has 0 fully saturated rings. The molecule has 23 heavy (non-hydrogen) atoms. The van der Waals surface area contributed by atoms with Crippen molar-refractivity contribution in [3.05, 3.63) is 28.8 Å².